The highest BCUT2D eigenvalue weighted by atomic mass is 19.1. The number of nitrogens with zero attached hydrogens (tertiary/aromatic N) is 4. The van der Waals surface area contributed by atoms with Crippen LogP contribution in [0.1, 0.15) is 15.9 Å². The Morgan fingerprint density at radius 3 is 2.65 bits per heavy atom. The topological polar surface area (TPSA) is 91.2 Å². The highest BCUT2D eigenvalue weighted by Crippen LogP contribution is 2.27. The number of aromatic nitrogens is 4. The van der Waals surface area contributed by atoms with Crippen molar-refractivity contribution < 1.29 is 18.7 Å². The van der Waals surface area contributed by atoms with E-state index in [0.717, 1.165) is 11.6 Å². The Kier molecular flexibility index (Phi) is 5.07. The first-order chi connectivity index (χ1) is 12.6. The van der Waals surface area contributed by atoms with E-state index in [4.69, 9.17) is 9.47 Å². The van der Waals surface area contributed by atoms with Crippen LogP contribution in [-0.4, -0.2) is 40.3 Å². The minimum Gasteiger partial charge on any atom is -0.493 e. The fourth-order valence-corrected chi connectivity index (χ4v) is 2.43. The van der Waals surface area contributed by atoms with Crippen LogP contribution >= 0.6 is 0 Å². The molecular formula is C17H16FN5O3. The van der Waals surface area contributed by atoms with Gasteiger partial charge in [0, 0.05) is 6.54 Å². The van der Waals surface area contributed by atoms with Gasteiger partial charge in [-0.25, -0.2) is 4.39 Å². The lowest BCUT2D eigenvalue weighted by Gasteiger charge is -2.12. The molecule has 1 amide bonds. The Labute approximate surface area is 148 Å². The molecule has 26 heavy (non-hydrogen) atoms. The van der Waals surface area contributed by atoms with Gasteiger partial charge in [-0.05, 0) is 46.3 Å². The number of benzene rings is 2. The van der Waals surface area contributed by atoms with E-state index in [1.54, 1.807) is 25.3 Å². The number of methoxy groups -OCH3 is 2. The van der Waals surface area contributed by atoms with Crippen LogP contribution in [0.3, 0.4) is 0 Å². The summed E-state index contributed by atoms with van der Waals surface area (Å²) in [5.41, 5.74) is 1.30. The average Bonchev–Trinajstić information content (AvgIpc) is 3.20. The maximum Gasteiger partial charge on any atom is 0.253 e. The molecule has 134 valence electrons. The summed E-state index contributed by atoms with van der Waals surface area (Å²) in [5.74, 6) is 0.163. The molecule has 1 heterocycles. The van der Waals surface area contributed by atoms with E-state index in [1.807, 2.05) is 0 Å². The van der Waals surface area contributed by atoms with Crippen molar-refractivity contribution in [1.29, 1.82) is 0 Å². The molecule has 8 nitrogen and oxygen atoms in total. The summed E-state index contributed by atoms with van der Waals surface area (Å²) < 4.78 is 25.3. The predicted molar refractivity (Wildman–Crippen MR) is 89.8 cm³/mol. The molecule has 0 atom stereocenters. The van der Waals surface area contributed by atoms with Gasteiger partial charge in [0.2, 0.25) is 0 Å². The predicted octanol–water partition coefficient (Wildman–Crippen LogP) is 1.75. The van der Waals surface area contributed by atoms with Gasteiger partial charge < -0.3 is 14.8 Å². The van der Waals surface area contributed by atoms with Crippen molar-refractivity contribution in [3.05, 3.63) is 59.7 Å². The molecule has 0 radical (unpaired) electrons. The van der Waals surface area contributed by atoms with E-state index in [0.29, 0.717) is 17.2 Å². The molecule has 0 aliphatic heterocycles. The third-order valence-corrected chi connectivity index (χ3v) is 3.70. The van der Waals surface area contributed by atoms with Gasteiger partial charge in [-0.15, -0.1) is 5.10 Å². The van der Waals surface area contributed by atoms with Crippen LogP contribution in [0.4, 0.5) is 4.39 Å². The molecular weight excluding hydrogens is 341 g/mol. The van der Waals surface area contributed by atoms with Gasteiger partial charge in [0.15, 0.2) is 11.5 Å². The van der Waals surface area contributed by atoms with Crippen LogP contribution in [0.2, 0.25) is 0 Å². The third kappa shape index (κ3) is 3.61. The molecule has 1 N–H and O–H groups in total. The highest BCUT2D eigenvalue weighted by Gasteiger charge is 2.15. The minimum atomic E-state index is -0.530. The number of carbonyl (C=O) groups excluding carboxylic acids is 1. The van der Waals surface area contributed by atoms with Crippen LogP contribution in [0.25, 0.3) is 5.69 Å². The number of nitrogens with one attached hydrogen (secondary N) is 1. The van der Waals surface area contributed by atoms with Crippen molar-refractivity contribution in [3.8, 4) is 17.2 Å². The normalized spacial score (nSPS) is 10.4. The second-order valence-corrected chi connectivity index (χ2v) is 5.29. The molecule has 1 aromatic heterocycles. The Balaban J connectivity index is 1.80. The second kappa shape index (κ2) is 7.60. The second-order valence-electron chi connectivity index (χ2n) is 5.29. The van der Waals surface area contributed by atoms with E-state index in [9.17, 15) is 9.18 Å². The lowest BCUT2D eigenvalue weighted by Crippen LogP contribution is -2.24. The summed E-state index contributed by atoms with van der Waals surface area (Å²) in [7, 11) is 3.08. The van der Waals surface area contributed by atoms with E-state index < -0.39 is 11.7 Å². The fraction of sp³-hybridized carbons (Fsp3) is 0.176. The summed E-state index contributed by atoms with van der Waals surface area (Å²) in [5, 5.41) is 13.6. The number of carbonyl (C=O) groups is 1. The quantitative estimate of drug-likeness (QED) is 0.723. The van der Waals surface area contributed by atoms with E-state index in [1.165, 1.54) is 30.3 Å². The molecule has 0 saturated heterocycles. The minimum absolute atomic E-state index is 0.123. The number of rotatable bonds is 6. The molecule has 0 bridgehead atoms. The summed E-state index contributed by atoms with van der Waals surface area (Å²) in [6, 6.07) is 9.12. The van der Waals surface area contributed by atoms with Gasteiger partial charge >= 0.3 is 0 Å². The number of amides is 1. The maximum absolute atomic E-state index is 13.6. The molecule has 3 aromatic rings. The SMILES string of the molecule is COc1ccc(CNC(=O)c2cc(F)ccc2-n2cnnn2)cc1OC. The van der Waals surface area contributed by atoms with Gasteiger partial charge in [0.1, 0.15) is 12.1 Å². The van der Waals surface area contributed by atoms with Gasteiger partial charge in [-0.2, -0.15) is 4.68 Å². The van der Waals surface area contributed by atoms with Crippen molar-refractivity contribution >= 4 is 5.91 Å². The standard InChI is InChI=1S/C17H16FN5O3/c1-25-15-6-3-11(7-16(15)26-2)9-19-17(24)13-8-12(18)4-5-14(13)23-10-20-21-22-23/h3-8,10H,9H2,1-2H3,(H,19,24). The molecule has 0 spiro atoms. The molecule has 3 rings (SSSR count). The molecule has 2 aromatic carbocycles. The number of halogens is 1. The molecule has 0 fully saturated rings. The van der Waals surface area contributed by atoms with E-state index in [2.05, 4.69) is 20.8 Å². The first-order valence-corrected chi connectivity index (χ1v) is 7.64. The zero-order valence-corrected chi connectivity index (χ0v) is 14.1. The number of hydrogen-bond acceptors (Lipinski definition) is 6. The fourth-order valence-electron chi connectivity index (χ4n) is 2.43. The Bertz CT molecular complexity index is 915. The largest absolute Gasteiger partial charge is 0.493 e. The molecule has 9 heteroatoms. The third-order valence-electron chi connectivity index (χ3n) is 3.70. The van der Waals surface area contributed by atoms with Crippen LogP contribution < -0.4 is 14.8 Å². The van der Waals surface area contributed by atoms with Gasteiger partial charge in [-0.3, -0.25) is 4.79 Å². The number of hydrogen-bond donors (Lipinski definition) is 1. The smallest absolute Gasteiger partial charge is 0.253 e. The van der Waals surface area contributed by atoms with Crippen LogP contribution in [-0.2, 0) is 6.54 Å². The van der Waals surface area contributed by atoms with Crippen molar-refractivity contribution in [1.82, 2.24) is 25.5 Å². The summed E-state index contributed by atoms with van der Waals surface area (Å²) in [6.07, 6.45) is 1.33. The summed E-state index contributed by atoms with van der Waals surface area (Å²) in [4.78, 5) is 12.5. The summed E-state index contributed by atoms with van der Waals surface area (Å²) >= 11 is 0. The van der Waals surface area contributed by atoms with Crippen LogP contribution in [0, 0.1) is 5.82 Å². The zero-order valence-electron chi connectivity index (χ0n) is 14.1. The molecule has 0 aliphatic carbocycles. The molecule has 0 saturated carbocycles. The Morgan fingerprint density at radius 2 is 1.96 bits per heavy atom. The van der Waals surface area contributed by atoms with Crippen molar-refractivity contribution in [3.63, 3.8) is 0 Å². The van der Waals surface area contributed by atoms with Crippen molar-refractivity contribution in [2.24, 2.45) is 0 Å². The zero-order chi connectivity index (χ0) is 18.5. The highest BCUT2D eigenvalue weighted by molar-refractivity contribution is 5.97. The number of ether oxygens (including phenoxy) is 2. The van der Waals surface area contributed by atoms with Gasteiger partial charge in [0.05, 0.1) is 25.5 Å². The first kappa shape index (κ1) is 17.3. The number of tetrazole rings is 1. The van der Waals surface area contributed by atoms with E-state index in [-0.39, 0.29) is 12.1 Å². The molecule has 0 unspecified atom stereocenters. The monoisotopic (exact) mass is 357 g/mol. The Hall–Kier alpha value is -3.49. The van der Waals surface area contributed by atoms with Crippen molar-refractivity contribution in [2.45, 2.75) is 6.54 Å². The van der Waals surface area contributed by atoms with Crippen LogP contribution in [0.5, 0.6) is 11.5 Å². The molecule has 0 aliphatic rings. The van der Waals surface area contributed by atoms with Gasteiger partial charge in [-0.1, -0.05) is 6.07 Å². The average molecular weight is 357 g/mol. The lowest BCUT2D eigenvalue weighted by molar-refractivity contribution is 0.0950. The summed E-state index contributed by atoms with van der Waals surface area (Å²) in [6.45, 7) is 0.227. The van der Waals surface area contributed by atoms with E-state index >= 15 is 0 Å². The van der Waals surface area contributed by atoms with Crippen LogP contribution in [0.15, 0.2) is 42.7 Å². The van der Waals surface area contributed by atoms with Crippen molar-refractivity contribution in [2.75, 3.05) is 14.2 Å². The van der Waals surface area contributed by atoms with Gasteiger partial charge in [0.25, 0.3) is 5.91 Å². The maximum atomic E-state index is 13.6. The Morgan fingerprint density at radius 1 is 1.15 bits per heavy atom. The first-order valence-electron chi connectivity index (χ1n) is 7.64. The lowest BCUT2D eigenvalue weighted by atomic mass is 10.1.